The van der Waals surface area contributed by atoms with Gasteiger partial charge in [-0.15, -0.1) is 0 Å². The summed E-state index contributed by atoms with van der Waals surface area (Å²) in [6.07, 6.45) is 10.9. The molecule has 7 nitrogen and oxygen atoms in total. The summed E-state index contributed by atoms with van der Waals surface area (Å²) in [5.41, 5.74) is 8.33. The summed E-state index contributed by atoms with van der Waals surface area (Å²) in [6, 6.07) is 16.8. The molecule has 2 amide bonds. The molecule has 2 atom stereocenters. The Balaban J connectivity index is 1.15. The summed E-state index contributed by atoms with van der Waals surface area (Å²) >= 11 is 0. The van der Waals surface area contributed by atoms with Crippen LogP contribution >= 0.6 is 0 Å². The molecule has 0 saturated carbocycles. The van der Waals surface area contributed by atoms with Crippen molar-refractivity contribution >= 4 is 22.8 Å². The van der Waals surface area contributed by atoms with Crippen LogP contribution in [0.2, 0.25) is 0 Å². The standard InChI is InChI=1S/C32H33N5O2/c38-31-24-14-2-8-20(28(24)32(39)36-31)7-1-13-23(34-25-15-3-9-21-11-5-17-33-29(21)25)19-27-35-26-16-4-10-22-12-6-18-37(27)30(22)26/h2,4-5,8,10-11,14,16-17,23,25,34H,1,3,6-7,9,12-13,15,18-19H2,(H,36,38,39). The van der Waals surface area contributed by atoms with E-state index in [9.17, 15) is 9.59 Å². The summed E-state index contributed by atoms with van der Waals surface area (Å²) in [6.45, 7) is 1.02. The first kappa shape index (κ1) is 24.2. The highest BCUT2D eigenvalue weighted by atomic mass is 16.2. The molecular formula is C32H33N5O2. The SMILES string of the molecule is O=C1NC(=O)c2c(CCCC(Cc3nc4cccc5c4n3CCC5)NC3CCCc4cccnc43)cccc21. The number of rotatable bonds is 8. The number of amides is 2. The number of imide groups is 1. The highest BCUT2D eigenvalue weighted by Gasteiger charge is 2.30. The molecule has 0 fully saturated rings. The van der Waals surface area contributed by atoms with Crippen molar-refractivity contribution in [3.63, 3.8) is 0 Å². The van der Waals surface area contributed by atoms with Gasteiger partial charge in [-0.25, -0.2) is 4.98 Å². The van der Waals surface area contributed by atoms with Gasteiger partial charge in [0.15, 0.2) is 0 Å². The van der Waals surface area contributed by atoms with Crippen molar-refractivity contribution in [1.82, 2.24) is 25.2 Å². The first-order valence-electron chi connectivity index (χ1n) is 14.3. The van der Waals surface area contributed by atoms with Crippen molar-refractivity contribution in [3.8, 4) is 0 Å². The lowest BCUT2D eigenvalue weighted by Crippen LogP contribution is -2.37. The van der Waals surface area contributed by atoms with E-state index in [0.717, 1.165) is 81.2 Å². The highest BCUT2D eigenvalue weighted by Crippen LogP contribution is 2.31. The minimum absolute atomic E-state index is 0.216. The van der Waals surface area contributed by atoms with Gasteiger partial charge in [0.05, 0.1) is 27.9 Å². The molecule has 3 aliphatic rings. The van der Waals surface area contributed by atoms with Crippen molar-refractivity contribution in [2.24, 2.45) is 0 Å². The van der Waals surface area contributed by atoms with Crippen molar-refractivity contribution in [2.75, 3.05) is 0 Å². The molecule has 4 heterocycles. The number of imidazole rings is 1. The minimum atomic E-state index is -0.292. The maximum atomic E-state index is 12.4. The third-order valence-corrected chi connectivity index (χ3v) is 8.67. The fraction of sp³-hybridized carbons (Fsp3) is 0.375. The van der Waals surface area contributed by atoms with E-state index < -0.39 is 0 Å². The second kappa shape index (κ2) is 10.0. The Kier molecular flexibility index (Phi) is 6.24. The van der Waals surface area contributed by atoms with Crippen LogP contribution in [0, 0.1) is 0 Å². The number of carbonyl (C=O) groups excluding carboxylic acids is 2. The zero-order chi connectivity index (χ0) is 26.3. The predicted molar refractivity (Wildman–Crippen MR) is 150 cm³/mol. The number of hydrogen-bond acceptors (Lipinski definition) is 5. The molecule has 2 aromatic heterocycles. The zero-order valence-electron chi connectivity index (χ0n) is 22.1. The highest BCUT2D eigenvalue weighted by molar-refractivity contribution is 6.22. The molecule has 7 heteroatoms. The minimum Gasteiger partial charge on any atom is -0.328 e. The van der Waals surface area contributed by atoms with Crippen LogP contribution in [0.25, 0.3) is 11.0 Å². The van der Waals surface area contributed by atoms with Crippen LogP contribution in [-0.4, -0.2) is 32.4 Å². The average molecular weight is 520 g/mol. The molecule has 39 heavy (non-hydrogen) atoms. The fourth-order valence-corrected chi connectivity index (χ4v) is 6.89. The van der Waals surface area contributed by atoms with E-state index >= 15 is 0 Å². The third-order valence-electron chi connectivity index (χ3n) is 8.67. The summed E-state index contributed by atoms with van der Waals surface area (Å²) in [7, 11) is 0. The second-order valence-electron chi connectivity index (χ2n) is 11.1. The molecule has 2 N–H and O–H groups in total. The number of nitrogens with zero attached hydrogens (tertiary/aromatic N) is 3. The lowest BCUT2D eigenvalue weighted by atomic mass is 9.90. The van der Waals surface area contributed by atoms with Crippen molar-refractivity contribution < 1.29 is 9.59 Å². The lowest BCUT2D eigenvalue weighted by molar-refractivity contribution is 0.0879. The Morgan fingerprint density at radius 1 is 1.00 bits per heavy atom. The van der Waals surface area contributed by atoms with E-state index in [4.69, 9.17) is 9.97 Å². The van der Waals surface area contributed by atoms with Crippen molar-refractivity contribution in [2.45, 2.75) is 76.4 Å². The number of para-hydroxylation sites is 1. The van der Waals surface area contributed by atoms with Crippen LogP contribution in [0.1, 0.15) is 87.1 Å². The molecule has 0 bridgehead atoms. The molecule has 0 radical (unpaired) electrons. The number of pyridine rings is 1. The molecular weight excluding hydrogens is 486 g/mol. The predicted octanol–water partition coefficient (Wildman–Crippen LogP) is 4.86. The number of hydrogen-bond donors (Lipinski definition) is 2. The Bertz CT molecular complexity index is 1590. The van der Waals surface area contributed by atoms with Gasteiger partial charge in [0.1, 0.15) is 5.82 Å². The topological polar surface area (TPSA) is 88.9 Å². The number of carbonyl (C=O) groups is 2. The van der Waals surface area contributed by atoms with Crippen LogP contribution in [-0.2, 0) is 32.2 Å². The van der Waals surface area contributed by atoms with Gasteiger partial charge < -0.3 is 9.88 Å². The summed E-state index contributed by atoms with van der Waals surface area (Å²) < 4.78 is 2.44. The van der Waals surface area contributed by atoms with Gasteiger partial charge in [0, 0.05) is 31.2 Å². The van der Waals surface area contributed by atoms with Crippen LogP contribution in [0.15, 0.2) is 54.7 Å². The number of benzene rings is 2. The van der Waals surface area contributed by atoms with E-state index in [1.54, 1.807) is 6.07 Å². The first-order valence-corrected chi connectivity index (χ1v) is 14.3. The van der Waals surface area contributed by atoms with Crippen LogP contribution < -0.4 is 10.6 Å². The third kappa shape index (κ3) is 4.44. The number of fused-ring (bicyclic) bond motifs is 2. The molecule has 2 aromatic carbocycles. The van der Waals surface area contributed by atoms with E-state index in [1.807, 2.05) is 24.4 Å². The molecule has 198 valence electrons. The van der Waals surface area contributed by atoms with Crippen molar-refractivity contribution in [3.05, 3.63) is 94.1 Å². The second-order valence-corrected chi connectivity index (χ2v) is 11.1. The molecule has 0 saturated heterocycles. The van der Waals surface area contributed by atoms with Gasteiger partial charge >= 0.3 is 0 Å². The molecule has 2 unspecified atom stereocenters. The van der Waals surface area contributed by atoms with E-state index in [0.29, 0.717) is 11.1 Å². The number of aromatic nitrogens is 3. The van der Waals surface area contributed by atoms with Crippen LogP contribution in [0.3, 0.4) is 0 Å². The molecule has 2 aliphatic heterocycles. The molecule has 1 aliphatic carbocycles. The number of aryl methyl sites for hydroxylation is 4. The maximum absolute atomic E-state index is 12.4. The summed E-state index contributed by atoms with van der Waals surface area (Å²) in [4.78, 5) is 34.5. The fourth-order valence-electron chi connectivity index (χ4n) is 6.89. The van der Waals surface area contributed by atoms with Gasteiger partial charge in [0.25, 0.3) is 11.8 Å². The van der Waals surface area contributed by atoms with E-state index in [2.05, 4.69) is 39.5 Å². The van der Waals surface area contributed by atoms with Gasteiger partial charge in [0.2, 0.25) is 0 Å². The average Bonchev–Trinajstić information content (AvgIpc) is 3.46. The smallest absolute Gasteiger partial charge is 0.259 e. The largest absolute Gasteiger partial charge is 0.328 e. The quantitative estimate of drug-likeness (QED) is 0.325. The molecule has 4 aromatic rings. The number of nitrogens with one attached hydrogen (secondary N) is 2. The van der Waals surface area contributed by atoms with Crippen LogP contribution in [0.4, 0.5) is 0 Å². The molecule has 0 spiro atoms. The van der Waals surface area contributed by atoms with Crippen molar-refractivity contribution in [1.29, 1.82) is 0 Å². The van der Waals surface area contributed by atoms with E-state index in [1.165, 1.54) is 22.3 Å². The van der Waals surface area contributed by atoms with E-state index in [-0.39, 0.29) is 23.9 Å². The molecule has 7 rings (SSSR count). The van der Waals surface area contributed by atoms with Gasteiger partial charge in [-0.05, 0) is 86.3 Å². The Hall–Kier alpha value is -3.84. The maximum Gasteiger partial charge on any atom is 0.259 e. The zero-order valence-corrected chi connectivity index (χ0v) is 22.1. The Morgan fingerprint density at radius 3 is 2.82 bits per heavy atom. The summed E-state index contributed by atoms with van der Waals surface area (Å²) in [5, 5.41) is 6.44. The first-order chi connectivity index (χ1) is 19.2. The van der Waals surface area contributed by atoms with Gasteiger partial charge in [-0.2, -0.15) is 0 Å². The van der Waals surface area contributed by atoms with Gasteiger partial charge in [-0.3, -0.25) is 19.9 Å². The lowest BCUT2D eigenvalue weighted by Gasteiger charge is -2.30. The Labute approximate surface area is 228 Å². The van der Waals surface area contributed by atoms with Crippen LogP contribution in [0.5, 0.6) is 0 Å². The van der Waals surface area contributed by atoms with Gasteiger partial charge in [-0.1, -0.05) is 30.3 Å². The monoisotopic (exact) mass is 519 g/mol. The Morgan fingerprint density at radius 2 is 1.87 bits per heavy atom. The summed E-state index contributed by atoms with van der Waals surface area (Å²) in [5.74, 6) is 0.584. The normalized spacial score (nSPS) is 18.6.